The Kier molecular flexibility index (Phi) is 6.65. The highest BCUT2D eigenvalue weighted by Gasteiger charge is 2.22. The molecule has 0 aliphatic heterocycles. The lowest BCUT2D eigenvalue weighted by Crippen LogP contribution is -2.46. The van der Waals surface area contributed by atoms with Gasteiger partial charge in [0.05, 0.1) is 23.1 Å². The Morgan fingerprint density at radius 3 is 2.32 bits per heavy atom. The molecule has 3 aromatic rings. The molecule has 3 N–H and O–H groups in total. The number of amides is 1. The van der Waals surface area contributed by atoms with E-state index in [1.165, 1.54) is 12.1 Å². The molecule has 0 saturated carbocycles. The van der Waals surface area contributed by atoms with Crippen molar-refractivity contribution in [2.75, 3.05) is 6.54 Å². The van der Waals surface area contributed by atoms with Crippen LogP contribution in [0.5, 0.6) is 0 Å². The fourth-order valence-electron chi connectivity index (χ4n) is 2.97. The summed E-state index contributed by atoms with van der Waals surface area (Å²) in [5, 5.41) is 22.1. The molecule has 0 radical (unpaired) electrons. The minimum atomic E-state index is -3.96. The highest BCUT2D eigenvalue weighted by molar-refractivity contribution is 7.89. The van der Waals surface area contributed by atoms with Gasteiger partial charge in [-0.05, 0) is 40.6 Å². The van der Waals surface area contributed by atoms with Crippen molar-refractivity contribution >= 4 is 32.7 Å². The van der Waals surface area contributed by atoms with Crippen molar-refractivity contribution in [1.29, 1.82) is 5.26 Å². The van der Waals surface area contributed by atoms with Gasteiger partial charge in [0.25, 0.3) is 0 Å². The lowest BCUT2D eigenvalue weighted by Gasteiger charge is -2.15. The van der Waals surface area contributed by atoms with Gasteiger partial charge in [0.1, 0.15) is 6.04 Å². The summed E-state index contributed by atoms with van der Waals surface area (Å²) in [7, 11) is -3.96. The van der Waals surface area contributed by atoms with E-state index < -0.39 is 34.5 Å². The third-order valence-electron chi connectivity index (χ3n) is 4.61. The second-order valence-corrected chi connectivity index (χ2v) is 8.57. The number of nitrogens with one attached hydrogen (secondary N) is 2. The second kappa shape index (κ2) is 9.38. The van der Waals surface area contributed by atoms with Crippen LogP contribution in [0.2, 0.25) is 0 Å². The number of nitriles is 1. The molecule has 3 aromatic carbocycles. The van der Waals surface area contributed by atoms with Gasteiger partial charge >= 0.3 is 5.97 Å². The van der Waals surface area contributed by atoms with Gasteiger partial charge in [-0.25, -0.2) is 17.9 Å². The van der Waals surface area contributed by atoms with Crippen LogP contribution in [-0.4, -0.2) is 38.0 Å². The van der Waals surface area contributed by atoms with Gasteiger partial charge in [-0.1, -0.05) is 42.5 Å². The molecule has 31 heavy (non-hydrogen) atoms. The molecule has 0 aliphatic carbocycles. The fourth-order valence-corrected chi connectivity index (χ4v) is 3.99. The summed E-state index contributed by atoms with van der Waals surface area (Å²) < 4.78 is 27.2. The summed E-state index contributed by atoms with van der Waals surface area (Å²) in [5.74, 6) is -2.03. The second-order valence-electron chi connectivity index (χ2n) is 6.80. The molecule has 3 rings (SSSR count). The van der Waals surface area contributed by atoms with Crippen molar-refractivity contribution in [3.8, 4) is 6.07 Å². The van der Waals surface area contributed by atoms with E-state index in [0.717, 1.165) is 10.8 Å². The summed E-state index contributed by atoms with van der Waals surface area (Å²) in [4.78, 5) is 23.7. The van der Waals surface area contributed by atoms with E-state index in [1.807, 2.05) is 18.2 Å². The number of nitrogens with zero attached hydrogens (tertiary/aromatic N) is 1. The lowest BCUT2D eigenvalue weighted by atomic mass is 10.0. The zero-order chi connectivity index (χ0) is 22.4. The van der Waals surface area contributed by atoms with Crippen LogP contribution in [0.1, 0.15) is 11.1 Å². The smallest absolute Gasteiger partial charge is 0.326 e. The maximum atomic E-state index is 12.5. The molecule has 0 spiro atoms. The number of carboxylic acid groups (broad SMARTS) is 1. The monoisotopic (exact) mass is 437 g/mol. The number of aliphatic carboxylic acids is 1. The maximum Gasteiger partial charge on any atom is 0.326 e. The number of fused-ring (bicyclic) bond motifs is 1. The zero-order valence-corrected chi connectivity index (χ0v) is 17.1. The van der Waals surface area contributed by atoms with Crippen LogP contribution in [0.25, 0.3) is 10.8 Å². The Hall–Kier alpha value is -3.74. The molecule has 0 aromatic heterocycles. The first-order valence-corrected chi connectivity index (χ1v) is 10.8. The Balaban J connectivity index is 1.63. The molecule has 0 heterocycles. The Bertz CT molecular complexity index is 1260. The molecule has 9 heteroatoms. The first-order valence-electron chi connectivity index (χ1n) is 9.28. The van der Waals surface area contributed by atoms with Crippen molar-refractivity contribution < 1.29 is 23.1 Å². The molecule has 158 valence electrons. The first-order chi connectivity index (χ1) is 14.8. The number of carbonyl (C=O) groups is 2. The summed E-state index contributed by atoms with van der Waals surface area (Å²) in [6.07, 6.45) is -0.00972. The maximum absolute atomic E-state index is 12.5. The number of hydrogen-bond acceptors (Lipinski definition) is 5. The van der Waals surface area contributed by atoms with Crippen molar-refractivity contribution in [2.24, 2.45) is 0 Å². The summed E-state index contributed by atoms with van der Waals surface area (Å²) in [6.45, 7) is -0.605. The van der Waals surface area contributed by atoms with Crippen LogP contribution in [0, 0.1) is 11.3 Å². The van der Waals surface area contributed by atoms with E-state index in [-0.39, 0.29) is 11.3 Å². The van der Waals surface area contributed by atoms with Crippen LogP contribution in [-0.2, 0) is 26.0 Å². The minimum Gasteiger partial charge on any atom is -0.480 e. The van der Waals surface area contributed by atoms with Gasteiger partial charge < -0.3 is 10.4 Å². The average Bonchev–Trinajstić information content (AvgIpc) is 2.77. The molecular weight excluding hydrogens is 418 g/mol. The summed E-state index contributed by atoms with van der Waals surface area (Å²) in [5.41, 5.74) is 1.05. The molecule has 1 atom stereocenters. The Morgan fingerprint density at radius 1 is 1.00 bits per heavy atom. The highest BCUT2D eigenvalue weighted by atomic mass is 32.2. The normalized spacial score (nSPS) is 12.1. The quantitative estimate of drug-likeness (QED) is 0.492. The van der Waals surface area contributed by atoms with E-state index in [2.05, 4.69) is 10.0 Å². The SMILES string of the molecule is N#Cc1ccc(C[C@H](NC(=O)CNS(=O)(=O)c2ccc3ccccc3c2)C(=O)O)cc1. The standard InChI is InChI=1S/C22H19N3O5S/c23-13-16-7-5-15(6-8-16)11-20(22(27)28)25-21(26)14-24-31(29,30)19-10-9-17-3-1-2-4-18(17)12-19/h1-10,12,20,24H,11,14H2,(H,25,26)(H,27,28)/t20-/m0/s1. The minimum absolute atomic E-state index is 0.00590. The molecule has 8 nitrogen and oxygen atoms in total. The summed E-state index contributed by atoms with van der Waals surface area (Å²) in [6, 6.07) is 18.9. The number of benzene rings is 3. The van der Waals surface area contributed by atoms with Gasteiger partial charge in [-0.15, -0.1) is 0 Å². The molecule has 0 saturated heterocycles. The van der Waals surface area contributed by atoms with Crippen molar-refractivity contribution in [1.82, 2.24) is 10.0 Å². The van der Waals surface area contributed by atoms with Gasteiger partial charge in [0, 0.05) is 6.42 Å². The number of hydrogen-bond donors (Lipinski definition) is 3. The van der Waals surface area contributed by atoms with Gasteiger partial charge in [-0.3, -0.25) is 4.79 Å². The largest absolute Gasteiger partial charge is 0.480 e. The van der Waals surface area contributed by atoms with Crippen LogP contribution in [0.15, 0.2) is 71.6 Å². The third-order valence-corrected chi connectivity index (χ3v) is 6.01. The first kappa shape index (κ1) is 22.0. The van der Waals surface area contributed by atoms with Gasteiger partial charge in [-0.2, -0.15) is 5.26 Å². The molecule has 0 fully saturated rings. The van der Waals surface area contributed by atoms with Crippen LogP contribution < -0.4 is 10.0 Å². The van der Waals surface area contributed by atoms with E-state index in [0.29, 0.717) is 11.1 Å². The zero-order valence-electron chi connectivity index (χ0n) is 16.3. The van der Waals surface area contributed by atoms with Crippen molar-refractivity contribution in [3.05, 3.63) is 77.9 Å². The Morgan fingerprint density at radius 2 is 1.68 bits per heavy atom. The van der Waals surface area contributed by atoms with Gasteiger partial charge in [0.2, 0.25) is 15.9 Å². The molecule has 0 unspecified atom stereocenters. The van der Waals surface area contributed by atoms with Crippen LogP contribution in [0.3, 0.4) is 0 Å². The highest BCUT2D eigenvalue weighted by Crippen LogP contribution is 2.18. The Labute approximate surface area is 179 Å². The molecule has 1 amide bonds. The van der Waals surface area contributed by atoms with E-state index in [4.69, 9.17) is 5.26 Å². The van der Waals surface area contributed by atoms with E-state index in [9.17, 15) is 23.1 Å². The summed E-state index contributed by atoms with van der Waals surface area (Å²) >= 11 is 0. The number of carboxylic acids is 1. The molecule has 0 bridgehead atoms. The fraction of sp³-hybridized carbons (Fsp3) is 0.136. The number of rotatable bonds is 8. The molecular formula is C22H19N3O5S. The third kappa shape index (κ3) is 5.66. The predicted molar refractivity (Wildman–Crippen MR) is 114 cm³/mol. The van der Waals surface area contributed by atoms with E-state index in [1.54, 1.807) is 42.5 Å². The molecule has 0 aliphatic rings. The average molecular weight is 437 g/mol. The van der Waals surface area contributed by atoms with Crippen LogP contribution >= 0.6 is 0 Å². The van der Waals surface area contributed by atoms with Crippen molar-refractivity contribution in [3.63, 3.8) is 0 Å². The van der Waals surface area contributed by atoms with Crippen molar-refractivity contribution in [2.45, 2.75) is 17.4 Å². The number of carbonyl (C=O) groups excluding carboxylic acids is 1. The lowest BCUT2D eigenvalue weighted by molar-refractivity contribution is -0.141. The van der Waals surface area contributed by atoms with E-state index >= 15 is 0 Å². The van der Waals surface area contributed by atoms with Crippen LogP contribution in [0.4, 0.5) is 0 Å². The predicted octanol–water partition coefficient (Wildman–Crippen LogP) is 1.80. The topological polar surface area (TPSA) is 136 Å². The van der Waals surface area contributed by atoms with Gasteiger partial charge in [0.15, 0.2) is 0 Å². The number of sulfonamides is 1.